The Kier molecular flexibility index (Phi) is 4.62. The molecule has 0 fully saturated rings. The van der Waals surface area contributed by atoms with Gasteiger partial charge in [-0.05, 0) is 31.9 Å². The van der Waals surface area contributed by atoms with Gasteiger partial charge in [0.15, 0.2) is 0 Å². The zero-order chi connectivity index (χ0) is 14.7. The molecule has 0 aliphatic carbocycles. The molecule has 1 rings (SSSR count). The molecule has 1 atom stereocenters. The number of aliphatic hydroxyl groups is 1. The second-order valence-electron chi connectivity index (χ2n) is 4.40. The smallest absolute Gasteiger partial charge is 0.389 e. The minimum absolute atomic E-state index is 0.0371. The van der Waals surface area contributed by atoms with Crippen LogP contribution in [0.25, 0.3) is 0 Å². The van der Waals surface area contributed by atoms with E-state index in [0.717, 1.165) is 0 Å². The van der Waals surface area contributed by atoms with Gasteiger partial charge in [-0.25, -0.2) is 4.79 Å². The van der Waals surface area contributed by atoms with Crippen LogP contribution in [0.1, 0.15) is 42.5 Å². The molecule has 0 saturated carbocycles. The number of furan rings is 1. The molecule has 0 saturated heterocycles. The Bertz CT molecular complexity index is 434. The summed E-state index contributed by atoms with van der Waals surface area (Å²) in [7, 11) is 1.17. The molecule has 1 aromatic heterocycles. The lowest BCUT2D eigenvalue weighted by atomic mass is 9.96. The molecule has 1 heterocycles. The van der Waals surface area contributed by atoms with Crippen LogP contribution in [0.5, 0.6) is 0 Å². The average Bonchev–Trinajstić information content (AvgIpc) is 2.75. The lowest BCUT2D eigenvalue weighted by Crippen LogP contribution is -2.21. The number of hydrogen-bond acceptors (Lipinski definition) is 4. The van der Waals surface area contributed by atoms with Crippen LogP contribution in [-0.2, 0) is 10.3 Å². The fourth-order valence-electron chi connectivity index (χ4n) is 1.59. The summed E-state index contributed by atoms with van der Waals surface area (Å²) in [5, 5.41) is 10.0. The van der Waals surface area contributed by atoms with E-state index in [0.29, 0.717) is 0 Å². The van der Waals surface area contributed by atoms with Crippen LogP contribution in [-0.4, -0.2) is 24.4 Å². The maximum Gasteiger partial charge on any atom is 0.389 e. The number of carbonyl (C=O) groups excluding carboxylic acids is 1. The van der Waals surface area contributed by atoms with Crippen molar-refractivity contribution in [3.05, 3.63) is 23.7 Å². The Balaban J connectivity index is 2.66. The molecule has 0 radical (unpaired) electrons. The highest BCUT2D eigenvalue weighted by atomic mass is 19.4. The molecule has 0 aromatic carbocycles. The third-order valence-corrected chi connectivity index (χ3v) is 2.65. The highest BCUT2D eigenvalue weighted by Gasteiger charge is 2.32. The van der Waals surface area contributed by atoms with Crippen molar-refractivity contribution < 1.29 is 32.2 Å². The van der Waals surface area contributed by atoms with Crippen molar-refractivity contribution in [2.75, 3.05) is 7.11 Å². The van der Waals surface area contributed by atoms with Gasteiger partial charge in [0.05, 0.1) is 7.11 Å². The summed E-state index contributed by atoms with van der Waals surface area (Å²) in [5.41, 5.74) is -1.56. The molecule has 19 heavy (non-hydrogen) atoms. The van der Waals surface area contributed by atoms with Gasteiger partial charge in [0.1, 0.15) is 11.4 Å². The maximum atomic E-state index is 12.0. The predicted molar refractivity (Wildman–Crippen MR) is 59.5 cm³/mol. The quantitative estimate of drug-likeness (QED) is 0.842. The minimum atomic E-state index is -4.25. The second kappa shape index (κ2) is 5.64. The van der Waals surface area contributed by atoms with Gasteiger partial charge < -0.3 is 14.3 Å². The molecule has 1 N–H and O–H groups in total. The van der Waals surface area contributed by atoms with E-state index in [1.165, 1.54) is 26.2 Å². The SMILES string of the molecule is COC(=O)c1ccc(C(C)(O)CCCC(F)(F)F)o1. The topological polar surface area (TPSA) is 59.7 Å². The Labute approximate surface area is 108 Å². The van der Waals surface area contributed by atoms with E-state index in [2.05, 4.69) is 4.74 Å². The maximum absolute atomic E-state index is 12.0. The van der Waals surface area contributed by atoms with E-state index < -0.39 is 24.2 Å². The van der Waals surface area contributed by atoms with Crippen molar-refractivity contribution in [2.24, 2.45) is 0 Å². The molecule has 1 unspecified atom stereocenters. The van der Waals surface area contributed by atoms with Gasteiger partial charge in [0, 0.05) is 6.42 Å². The summed E-state index contributed by atoms with van der Waals surface area (Å²) in [4.78, 5) is 11.2. The van der Waals surface area contributed by atoms with Crippen LogP contribution < -0.4 is 0 Å². The van der Waals surface area contributed by atoms with E-state index in [1.807, 2.05) is 0 Å². The fourth-order valence-corrected chi connectivity index (χ4v) is 1.59. The van der Waals surface area contributed by atoms with Crippen molar-refractivity contribution in [1.29, 1.82) is 0 Å². The van der Waals surface area contributed by atoms with Crippen LogP contribution in [0.3, 0.4) is 0 Å². The van der Waals surface area contributed by atoms with Crippen LogP contribution in [0.15, 0.2) is 16.5 Å². The lowest BCUT2D eigenvalue weighted by molar-refractivity contribution is -0.138. The number of esters is 1. The zero-order valence-corrected chi connectivity index (χ0v) is 10.6. The molecule has 4 nitrogen and oxygen atoms in total. The molecule has 0 bridgehead atoms. The molecule has 0 aliphatic rings. The Morgan fingerprint density at radius 1 is 1.37 bits per heavy atom. The number of carbonyl (C=O) groups is 1. The number of methoxy groups -OCH3 is 1. The summed E-state index contributed by atoms with van der Waals surface area (Å²) in [5.74, 6) is -0.777. The first-order valence-corrected chi connectivity index (χ1v) is 5.63. The average molecular weight is 280 g/mol. The molecule has 1 aromatic rings. The van der Waals surface area contributed by atoms with E-state index in [1.54, 1.807) is 0 Å². The van der Waals surface area contributed by atoms with Crippen LogP contribution in [0.2, 0.25) is 0 Å². The molecule has 0 spiro atoms. The van der Waals surface area contributed by atoms with Crippen LogP contribution >= 0.6 is 0 Å². The summed E-state index contributed by atoms with van der Waals surface area (Å²) < 4.78 is 45.6. The molecule has 0 aliphatic heterocycles. The summed E-state index contributed by atoms with van der Waals surface area (Å²) >= 11 is 0. The Hall–Kier alpha value is -1.50. The van der Waals surface area contributed by atoms with Gasteiger partial charge in [-0.2, -0.15) is 13.2 Å². The minimum Gasteiger partial charge on any atom is -0.463 e. The number of alkyl halides is 3. The standard InChI is InChI=1S/C12H15F3O4/c1-11(17,6-3-7-12(13,14)15)9-5-4-8(19-9)10(16)18-2/h4-5,17H,3,6-7H2,1-2H3. The highest BCUT2D eigenvalue weighted by molar-refractivity contribution is 5.86. The van der Waals surface area contributed by atoms with Crippen molar-refractivity contribution in [2.45, 2.75) is 38.0 Å². The summed E-state index contributed by atoms with van der Waals surface area (Å²) in [6.45, 7) is 1.34. The number of halogens is 3. The lowest BCUT2D eigenvalue weighted by Gasteiger charge is -2.20. The van der Waals surface area contributed by atoms with Crippen molar-refractivity contribution in [3.63, 3.8) is 0 Å². The Morgan fingerprint density at radius 2 is 2.00 bits per heavy atom. The number of hydrogen-bond donors (Lipinski definition) is 1. The van der Waals surface area contributed by atoms with Crippen molar-refractivity contribution in [3.8, 4) is 0 Å². The van der Waals surface area contributed by atoms with Gasteiger partial charge in [0.2, 0.25) is 5.76 Å². The largest absolute Gasteiger partial charge is 0.463 e. The first kappa shape index (κ1) is 15.6. The molecule has 108 valence electrons. The Morgan fingerprint density at radius 3 is 2.53 bits per heavy atom. The van der Waals surface area contributed by atoms with Crippen molar-refractivity contribution >= 4 is 5.97 Å². The molecular formula is C12H15F3O4. The van der Waals surface area contributed by atoms with Gasteiger partial charge in [-0.3, -0.25) is 0 Å². The van der Waals surface area contributed by atoms with E-state index in [4.69, 9.17) is 4.42 Å². The first-order chi connectivity index (χ1) is 8.65. The zero-order valence-electron chi connectivity index (χ0n) is 10.6. The fraction of sp³-hybridized carbons (Fsp3) is 0.583. The van der Waals surface area contributed by atoms with E-state index in [9.17, 15) is 23.1 Å². The second-order valence-corrected chi connectivity index (χ2v) is 4.40. The third-order valence-electron chi connectivity index (χ3n) is 2.65. The molecule has 0 amide bonds. The normalized spacial score (nSPS) is 15.1. The van der Waals surface area contributed by atoms with E-state index >= 15 is 0 Å². The summed E-state index contributed by atoms with van der Waals surface area (Å²) in [6, 6.07) is 2.65. The number of rotatable bonds is 5. The highest BCUT2D eigenvalue weighted by Crippen LogP contribution is 2.31. The molecular weight excluding hydrogens is 265 g/mol. The molecule has 7 heteroatoms. The van der Waals surface area contributed by atoms with Gasteiger partial charge in [-0.1, -0.05) is 0 Å². The van der Waals surface area contributed by atoms with Crippen molar-refractivity contribution in [1.82, 2.24) is 0 Å². The van der Waals surface area contributed by atoms with Crippen LogP contribution in [0, 0.1) is 0 Å². The van der Waals surface area contributed by atoms with Gasteiger partial charge >= 0.3 is 12.1 Å². The van der Waals surface area contributed by atoms with Crippen LogP contribution in [0.4, 0.5) is 13.2 Å². The first-order valence-electron chi connectivity index (χ1n) is 5.63. The van der Waals surface area contributed by atoms with Gasteiger partial charge in [-0.15, -0.1) is 0 Å². The number of ether oxygens (including phenoxy) is 1. The third kappa shape index (κ3) is 4.59. The van der Waals surface area contributed by atoms with E-state index in [-0.39, 0.29) is 24.4 Å². The monoisotopic (exact) mass is 280 g/mol. The predicted octanol–water partition coefficient (Wildman–Crippen LogP) is 3.01. The summed E-state index contributed by atoms with van der Waals surface area (Å²) in [6.07, 6.45) is -5.59. The van der Waals surface area contributed by atoms with Gasteiger partial charge in [0.25, 0.3) is 0 Å².